The van der Waals surface area contributed by atoms with Crippen LogP contribution in [0.15, 0.2) is 35.6 Å². The average Bonchev–Trinajstić information content (AvgIpc) is 2.82. The molecule has 1 aliphatic rings. The summed E-state index contributed by atoms with van der Waals surface area (Å²) < 4.78 is 5.22. The van der Waals surface area contributed by atoms with E-state index in [1.54, 1.807) is 11.8 Å². The second-order valence-electron chi connectivity index (χ2n) is 7.57. The molecule has 2 N–H and O–H groups in total. The minimum absolute atomic E-state index is 0.0239. The van der Waals surface area contributed by atoms with E-state index < -0.39 is 29.9 Å². The van der Waals surface area contributed by atoms with Crippen LogP contribution >= 0.6 is 11.8 Å². The highest BCUT2D eigenvalue weighted by atomic mass is 32.2. The maximum atomic E-state index is 12.7. The zero-order valence-electron chi connectivity index (χ0n) is 18.6. The summed E-state index contributed by atoms with van der Waals surface area (Å²) in [5.41, 5.74) is 0.829. The van der Waals surface area contributed by atoms with Crippen LogP contribution in [0.25, 0.3) is 10.9 Å². The third-order valence-corrected chi connectivity index (χ3v) is 6.25. The number of ether oxygens (including phenoxy) is 1. The number of hydrogen-bond acceptors (Lipinski definition) is 8. The van der Waals surface area contributed by atoms with Gasteiger partial charge in [0.1, 0.15) is 11.4 Å². The third-order valence-electron chi connectivity index (χ3n) is 5.26. The van der Waals surface area contributed by atoms with Crippen molar-refractivity contribution < 1.29 is 23.9 Å². The van der Waals surface area contributed by atoms with Gasteiger partial charge in [0.05, 0.1) is 17.2 Å². The Morgan fingerprint density at radius 2 is 1.91 bits per heavy atom. The summed E-state index contributed by atoms with van der Waals surface area (Å²) in [6.45, 7) is 4.38. The Labute approximate surface area is 195 Å². The second-order valence-corrected chi connectivity index (χ2v) is 8.53. The number of nitrogens with zero attached hydrogens (tertiary/aromatic N) is 3. The van der Waals surface area contributed by atoms with Crippen molar-refractivity contribution in [3.63, 3.8) is 0 Å². The van der Waals surface area contributed by atoms with Crippen molar-refractivity contribution >= 4 is 46.5 Å². The van der Waals surface area contributed by atoms with Crippen molar-refractivity contribution in [1.29, 1.82) is 0 Å². The Kier molecular flexibility index (Phi) is 8.58. The molecule has 1 aliphatic heterocycles. The van der Waals surface area contributed by atoms with Crippen LogP contribution in [0.2, 0.25) is 0 Å². The molecule has 0 spiro atoms. The fraction of sp³-hybridized carbons (Fsp3) is 0.455. The lowest BCUT2D eigenvalue weighted by Gasteiger charge is -2.31. The third kappa shape index (κ3) is 6.64. The highest BCUT2D eigenvalue weighted by Crippen LogP contribution is 2.25. The smallest absolute Gasteiger partial charge is 0.321 e. The molecular weight excluding hydrogens is 446 g/mol. The second kappa shape index (κ2) is 11.6. The van der Waals surface area contributed by atoms with E-state index in [9.17, 15) is 19.2 Å². The molecule has 3 rings (SSSR count). The van der Waals surface area contributed by atoms with Crippen LogP contribution in [0, 0.1) is 5.92 Å². The van der Waals surface area contributed by atoms with Crippen LogP contribution in [-0.2, 0) is 19.1 Å². The predicted octanol–water partition coefficient (Wildman–Crippen LogP) is 1.74. The number of urea groups is 1. The maximum Gasteiger partial charge on any atom is 0.321 e. The van der Waals surface area contributed by atoms with Gasteiger partial charge in [-0.15, -0.1) is 0 Å². The molecule has 1 fully saturated rings. The SMILES string of the molecule is CCNC(=O)NC(=O)C(C)OC(=O)C1CCN(C(=O)CSc2ncnc3ccccc23)CC1. The normalized spacial score (nSPS) is 15.0. The Bertz CT molecular complexity index is 1020. The Hall–Kier alpha value is -3.21. The summed E-state index contributed by atoms with van der Waals surface area (Å²) in [7, 11) is 0. The van der Waals surface area contributed by atoms with Crippen molar-refractivity contribution in [3.8, 4) is 0 Å². The number of carbonyl (C=O) groups excluding carboxylic acids is 4. The number of amides is 4. The van der Waals surface area contributed by atoms with Crippen LogP contribution in [-0.4, -0.2) is 70.2 Å². The molecule has 0 bridgehead atoms. The van der Waals surface area contributed by atoms with Gasteiger partial charge in [0.15, 0.2) is 6.10 Å². The van der Waals surface area contributed by atoms with Crippen molar-refractivity contribution in [2.75, 3.05) is 25.4 Å². The van der Waals surface area contributed by atoms with Gasteiger partial charge in [-0.25, -0.2) is 14.8 Å². The number of carbonyl (C=O) groups is 4. The first-order valence-electron chi connectivity index (χ1n) is 10.8. The molecule has 0 aliphatic carbocycles. The number of thioether (sulfide) groups is 1. The number of aromatic nitrogens is 2. The van der Waals surface area contributed by atoms with E-state index in [0.717, 1.165) is 15.9 Å². The first-order chi connectivity index (χ1) is 15.9. The number of hydrogen-bond donors (Lipinski definition) is 2. The van der Waals surface area contributed by atoms with Crippen LogP contribution in [0.1, 0.15) is 26.7 Å². The number of imide groups is 1. The molecule has 2 heterocycles. The molecule has 0 radical (unpaired) electrons. The Balaban J connectivity index is 1.44. The summed E-state index contributed by atoms with van der Waals surface area (Å²) >= 11 is 1.37. The van der Waals surface area contributed by atoms with Crippen LogP contribution in [0.5, 0.6) is 0 Å². The number of esters is 1. The molecule has 1 saturated heterocycles. The number of piperidine rings is 1. The zero-order chi connectivity index (χ0) is 23.8. The van der Waals surface area contributed by atoms with Crippen molar-refractivity contribution in [3.05, 3.63) is 30.6 Å². The standard InChI is InChI=1S/C22H27N5O5S/c1-3-23-22(31)26-19(29)14(2)32-21(30)15-8-10-27(11-9-15)18(28)12-33-20-16-6-4-5-7-17(16)24-13-25-20/h4-7,13-15H,3,8-12H2,1-2H3,(H2,23,26,29,31). The first-order valence-corrected chi connectivity index (χ1v) is 11.8. The fourth-order valence-electron chi connectivity index (χ4n) is 3.42. The van der Waals surface area contributed by atoms with Gasteiger partial charge >= 0.3 is 12.0 Å². The molecule has 4 amide bonds. The summed E-state index contributed by atoms with van der Waals surface area (Å²) in [5, 5.41) is 6.22. The van der Waals surface area contributed by atoms with Gasteiger partial charge in [0.25, 0.3) is 5.91 Å². The lowest BCUT2D eigenvalue weighted by atomic mass is 9.97. The van der Waals surface area contributed by atoms with E-state index in [4.69, 9.17) is 4.74 Å². The molecule has 11 heteroatoms. The van der Waals surface area contributed by atoms with Crippen LogP contribution < -0.4 is 10.6 Å². The van der Waals surface area contributed by atoms with Crippen LogP contribution in [0.4, 0.5) is 4.79 Å². The Morgan fingerprint density at radius 3 is 2.64 bits per heavy atom. The molecule has 1 aromatic heterocycles. The molecule has 1 aromatic carbocycles. The number of para-hydroxylation sites is 1. The molecule has 2 aromatic rings. The molecule has 176 valence electrons. The highest BCUT2D eigenvalue weighted by Gasteiger charge is 2.30. The fourth-order valence-corrected chi connectivity index (χ4v) is 4.32. The first kappa shape index (κ1) is 24.4. The number of rotatable bonds is 7. The summed E-state index contributed by atoms with van der Waals surface area (Å²) in [4.78, 5) is 58.7. The predicted molar refractivity (Wildman–Crippen MR) is 122 cm³/mol. The summed E-state index contributed by atoms with van der Waals surface area (Å²) in [6, 6.07) is 7.00. The van der Waals surface area contributed by atoms with E-state index in [1.807, 2.05) is 24.3 Å². The number of fused-ring (bicyclic) bond motifs is 1. The molecule has 10 nitrogen and oxygen atoms in total. The minimum atomic E-state index is -1.08. The zero-order valence-corrected chi connectivity index (χ0v) is 19.4. The van der Waals surface area contributed by atoms with Crippen molar-refractivity contribution in [2.45, 2.75) is 37.8 Å². The monoisotopic (exact) mass is 473 g/mol. The van der Waals surface area contributed by atoms with E-state index in [2.05, 4.69) is 20.6 Å². The van der Waals surface area contributed by atoms with E-state index in [-0.39, 0.29) is 11.7 Å². The average molecular weight is 474 g/mol. The van der Waals surface area contributed by atoms with Crippen molar-refractivity contribution in [1.82, 2.24) is 25.5 Å². The number of likely N-dealkylation sites (tertiary alicyclic amines) is 1. The van der Waals surface area contributed by atoms with Crippen molar-refractivity contribution in [2.24, 2.45) is 5.92 Å². The molecule has 33 heavy (non-hydrogen) atoms. The van der Waals surface area contributed by atoms with Gasteiger partial charge in [-0.2, -0.15) is 0 Å². The summed E-state index contributed by atoms with van der Waals surface area (Å²) in [6.07, 6.45) is 1.31. The highest BCUT2D eigenvalue weighted by molar-refractivity contribution is 8.00. The number of nitrogens with one attached hydrogen (secondary N) is 2. The number of benzene rings is 1. The lowest BCUT2D eigenvalue weighted by Crippen LogP contribution is -2.46. The van der Waals surface area contributed by atoms with Gasteiger partial charge < -0.3 is 15.0 Å². The van der Waals surface area contributed by atoms with E-state index in [0.29, 0.717) is 32.5 Å². The quantitative estimate of drug-likeness (QED) is 0.353. The van der Waals surface area contributed by atoms with Gasteiger partial charge in [-0.05, 0) is 32.8 Å². The van der Waals surface area contributed by atoms with Gasteiger partial charge in [0, 0.05) is 25.0 Å². The van der Waals surface area contributed by atoms with Crippen LogP contribution in [0.3, 0.4) is 0 Å². The molecular formula is C22H27N5O5S. The largest absolute Gasteiger partial charge is 0.452 e. The molecule has 1 unspecified atom stereocenters. The van der Waals surface area contributed by atoms with Gasteiger partial charge in [0.2, 0.25) is 5.91 Å². The lowest BCUT2D eigenvalue weighted by molar-refractivity contribution is -0.160. The molecule has 1 atom stereocenters. The topological polar surface area (TPSA) is 131 Å². The van der Waals surface area contributed by atoms with Gasteiger partial charge in [-0.1, -0.05) is 30.0 Å². The maximum absolute atomic E-state index is 12.7. The van der Waals surface area contributed by atoms with E-state index >= 15 is 0 Å². The Morgan fingerprint density at radius 1 is 1.18 bits per heavy atom. The van der Waals surface area contributed by atoms with E-state index in [1.165, 1.54) is 25.0 Å². The molecule has 0 saturated carbocycles. The minimum Gasteiger partial charge on any atom is -0.452 e. The van der Waals surface area contributed by atoms with Gasteiger partial charge in [-0.3, -0.25) is 19.7 Å². The summed E-state index contributed by atoms with van der Waals surface area (Å²) in [5.74, 6) is -1.36.